The highest BCUT2D eigenvalue weighted by molar-refractivity contribution is 6.05. The van der Waals surface area contributed by atoms with Gasteiger partial charge in [0.1, 0.15) is 6.07 Å². The van der Waals surface area contributed by atoms with Crippen molar-refractivity contribution in [1.82, 2.24) is 0 Å². The topological polar surface area (TPSA) is 82.0 Å². The third-order valence-electron chi connectivity index (χ3n) is 3.56. The number of hydrogen-bond acceptors (Lipinski definition) is 3. The van der Waals surface area contributed by atoms with Gasteiger partial charge < -0.3 is 10.6 Å². The van der Waals surface area contributed by atoms with E-state index in [0.717, 1.165) is 11.3 Å². The van der Waals surface area contributed by atoms with Crippen molar-refractivity contribution in [3.63, 3.8) is 0 Å². The molecule has 2 aromatic carbocycles. The Morgan fingerprint density at radius 2 is 2.00 bits per heavy atom. The molecule has 0 saturated carbocycles. The first kappa shape index (κ1) is 13.8. The van der Waals surface area contributed by atoms with Crippen LogP contribution in [0.2, 0.25) is 0 Å². The van der Waals surface area contributed by atoms with E-state index < -0.39 is 0 Å². The van der Waals surface area contributed by atoms with E-state index in [4.69, 9.17) is 5.26 Å². The summed E-state index contributed by atoms with van der Waals surface area (Å²) in [5.74, 6) is -0.282. The molecule has 2 aromatic rings. The maximum Gasteiger partial charge on any atom is 0.255 e. The number of carbonyl (C=O) groups is 2. The molecule has 1 heterocycles. The number of nitriles is 1. The lowest BCUT2D eigenvalue weighted by Crippen LogP contribution is -2.20. The van der Waals surface area contributed by atoms with Crippen LogP contribution in [0, 0.1) is 11.3 Å². The zero-order valence-corrected chi connectivity index (χ0v) is 11.7. The van der Waals surface area contributed by atoms with Gasteiger partial charge in [-0.15, -0.1) is 0 Å². The number of hydrogen-bond donors (Lipinski definition) is 2. The maximum atomic E-state index is 12.3. The second-order valence-corrected chi connectivity index (χ2v) is 5.03. The number of fused-ring (bicyclic) bond motifs is 1. The average Bonchev–Trinajstić information content (AvgIpc) is 2.54. The Hall–Kier alpha value is -3.13. The number of para-hydroxylation sites is 1. The summed E-state index contributed by atoms with van der Waals surface area (Å²) < 4.78 is 0. The van der Waals surface area contributed by atoms with Gasteiger partial charge in [-0.3, -0.25) is 9.59 Å². The highest BCUT2D eigenvalue weighted by Gasteiger charge is 2.17. The summed E-state index contributed by atoms with van der Waals surface area (Å²) in [7, 11) is 0. The molecule has 0 radical (unpaired) electrons. The fourth-order valence-corrected chi connectivity index (χ4v) is 2.41. The normalized spacial score (nSPS) is 12.8. The van der Waals surface area contributed by atoms with E-state index in [-0.39, 0.29) is 11.8 Å². The Morgan fingerprint density at radius 3 is 2.82 bits per heavy atom. The Balaban J connectivity index is 1.84. The summed E-state index contributed by atoms with van der Waals surface area (Å²) in [4.78, 5) is 23.7. The molecule has 0 aromatic heterocycles. The number of amides is 2. The predicted octanol–water partition coefficient (Wildman–Crippen LogP) is 2.70. The van der Waals surface area contributed by atoms with E-state index in [9.17, 15) is 9.59 Å². The second-order valence-electron chi connectivity index (χ2n) is 5.03. The number of nitrogens with zero attached hydrogens (tertiary/aromatic N) is 1. The van der Waals surface area contributed by atoms with Crippen molar-refractivity contribution >= 4 is 23.2 Å². The van der Waals surface area contributed by atoms with Crippen LogP contribution in [0.25, 0.3) is 0 Å². The molecule has 0 unspecified atom stereocenters. The van der Waals surface area contributed by atoms with Crippen LogP contribution in [-0.4, -0.2) is 11.8 Å². The molecule has 2 N–H and O–H groups in total. The largest absolute Gasteiger partial charge is 0.326 e. The van der Waals surface area contributed by atoms with Gasteiger partial charge in [0.25, 0.3) is 5.91 Å². The standard InChI is InChI=1S/C17H13N3O2/c18-10-13-3-1-2-4-14(13)20-17(22)12-5-7-15-11(9-12)6-8-16(21)19-15/h1-5,7,9H,6,8H2,(H,19,21)(H,20,22). The van der Waals surface area contributed by atoms with E-state index in [1.165, 1.54) is 0 Å². The van der Waals surface area contributed by atoms with Gasteiger partial charge in [0.05, 0.1) is 11.3 Å². The fourth-order valence-electron chi connectivity index (χ4n) is 2.41. The van der Waals surface area contributed by atoms with E-state index in [1.807, 2.05) is 6.07 Å². The summed E-state index contributed by atoms with van der Waals surface area (Å²) in [6, 6.07) is 14.1. The highest BCUT2D eigenvalue weighted by Crippen LogP contribution is 2.24. The number of rotatable bonds is 2. The molecule has 5 heteroatoms. The second kappa shape index (κ2) is 5.70. The van der Waals surface area contributed by atoms with Crippen molar-refractivity contribution in [3.05, 3.63) is 59.2 Å². The number of anilines is 2. The summed E-state index contributed by atoms with van der Waals surface area (Å²) in [5.41, 5.74) is 3.11. The molecule has 22 heavy (non-hydrogen) atoms. The molecule has 1 aliphatic heterocycles. The smallest absolute Gasteiger partial charge is 0.255 e. The SMILES string of the molecule is N#Cc1ccccc1NC(=O)c1ccc2c(c1)CCC(=O)N2. The van der Waals surface area contributed by atoms with Crippen LogP contribution in [0.1, 0.15) is 27.9 Å². The van der Waals surface area contributed by atoms with Gasteiger partial charge in [0, 0.05) is 17.7 Å². The first-order valence-corrected chi connectivity index (χ1v) is 6.90. The van der Waals surface area contributed by atoms with Crippen LogP contribution in [0.4, 0.5) is 11.4 Å². The molecule has 2 amide bonds. The minimum absolute atomic E-state index is 0.00681. The van der Waals surface area contributed by atoms with E-state index in [1.54, 1.807) is 42.5 Å². The van der Waals surface area contributed by atoms with Crippen LogP contribution in [0.15, 0.2) is 42.5 Å². The quantitative estimate of drug-likeness (QED) is 0.892. The first-order chi connectivity index (χ1) is 10.7. The molecular weight excluding hydrogens is 278 g/mol. The van der Waals surface area contributed by atoms with E-state index in [2.05, 4.69) is 10.6 Å². The Bertz CT molecular complexity index is 806. The predicted molar refractivity (Wildman–Crippen MR) is 82.5 cm³/mol. The molecule has 0 saturated heterocycles. The van der Waals surface area contributed by atoms with Gasteiger partial charge in [0.2, 0.25) is 5.91 Å². The molecule has 0 aliphatic carbocycles. The van der Waals surface area contributed by atoms with Gasteiger partial charge in [-0.05, 0) is 42.3 Å². The Labute approximate surface area is 127 Å². The molecule has 0 fully saturated rings. The Morgan fingerprint density at radius 1 is 1.18 bits per heavy atom. The first-order valence-electron chi connectivity index (χ1n) is 6.90. The monoisotopic (exact) mass is 291 g/mol. The van der Waals surface area contributed by atoms with Crippen molar-refractivity contribution in [2.45, 2.75) is 12.8 Å². The van der Waals surface area contributed by atoms with E-state index in [0.29, 0.717) is 29.7 Å². The van der Waals surface area contributed by atoms with Gasteiger partial charge in [0.15, 0.2) is 0 Å². The Kier molecular flexibility index (Phi) is 3.58. The number of carbonyl (C=O) groups excluding carboxylic acids is 2. The fraction of sp³-hybridized carbons (Fsp3) is 0.118. The number of benzene rings is 2. The number of nitrogens with one attached hydrogen (secondary N) is 2. The summed E-state index contributed by atoms with van der Waals surface area (Å²) in [5, 5.41) is 14.6. The zero-order valence-electron chi connectivity index (χ0n) is 11.7. The maximum absolute atomic E-state index is 12.3. The zero-order chi connectivity index (χ0) is 15.5. The van der Waals surface area contributed by atoms with Crippen molar-refractivity contribution in [3.8, 4) is 6.07 Å². The van der Waals surface area contributed by atoms with Crippen LogP contribution >= 0.6 is 0 Å². The lowest BCUT2D eigenvalue weighted by Gasteiger charge is -2.17. The molecule has 0 bridgehead atoms. The molecule has 0 spiro atoms. The average molecular weight is 291 g/mol. The third-order valence-corrected chi connectivity index (χ3v) is 3.56. The molecule has 108 valence electrons. The molecule has 1 aliphatic rings. The van der Waals surface area contributed by atoms with Gasteiger partial charge in [-0.2, -0.15) is 5.26 Å². The van der Waals surface area contributed by atoms with Gasteiger partial charge >= 0.3 is 0 Å². The lowest BCUT2D eigenvalue weighted by molar-refractivity contribution is -0.116. The van der Waals surface area contributed by atoms with Crippen LogP contribution in [0.5, 0.6) is 0 Å². The lowest BCUT2D eigenvalue weighted by atomic mass is 10.00. The molecule has 0 atom stereocenters. The van der Waals surface area contributed by atoms with E-state index >= 15 is 0 Å². The van der Waals surface area contributed by atoms with Crippen molar-refractivity contribution in [1.29, 1.82) is 5.26 Å². The van der Waals surface area contributed by atoms with Crippen LogP contribution in [-0.2, 0) is 11.2 Å². The minimum Gasteiger partial charge on any atom is -0.326 e. The van der Waals surface area contributed by atoms with Gasteiger partial charge in [-0.1, -0.05) is 12.1 Å². The van der Waals surface area contributed by atoms with Gasteiger partial charge in [-0.25, -0.2) is 0 Å². The van der Waals surface area contributed by atoms with Crippen molar-refractivity contribution in [2.24, 2.45) is 0 Å². The highest BCUT2D eigenvalue weighted by atomic mass is 16.2. The van der Waals surface area contributed by atoms with Crippen molar-refractivity contribution in [2.75, 3.05) is 10.6 Å². The third kappa shape index (κ3) is 2.67. The number of aryl methyl sites for hydroxylation is 1. The van der Waals surface area contributed by atoms with Crippen molar-refractivity contribution < 1.29 is 9.59 Å². The summed E-state index contributed by atoms with van der Waals surface area (Å²) in [6.45, 7) is 0. The molecular formula is C17H13N3O2. The van der Waals surface area contributed by atoms with Crippen LogP contribution < -0.4 is 10.6 Å². The summed E-state index contributed by atoms with van der Waals surface area (Å²) >= 11 is 0. The molecule has 5 nitrogen and oxygen atoms in total. The van der Waals surface area contributed by atoms with Crippen LogP contribution in [0.3, 0.4) is 0 Å². The minimum atomic E-state index is -0.276. The summed E-state index contributed by atoms with van der Waals surface area (Å²) in [6.07, 6.45) is 1.05. The molecule has 3 rings (SSSR count).